The lowest BCUT2D eigenvalue weighted by molar-refractivity contribution is -0.137. The van der Waals surface area contributed by atoms with Crippen LogP contribution < -0.4 is 4.90 Å². The molecule has 22 heavy (non-hydrogen) atoms. The number of carbonyl (C=O) groups excluding carboxylic acids is 2. The average Bonchev–Trinajstić information content (AvgIpc) is 3.12. The Balaban J connectivity index is 1.72. The number of alkyl halides is 3. The summed E-state index contributed by atoms with van der Waals surface area (Å²) in [7, 11) is 0. The highest BCUT2D eigenvalue weighted by Crippen LogP contribution is 2.49. The lowest BCUT2D eigenvalue weighted by Crippen LogP contribution is -2.34. The highest BCUT2D eigenvalue weighted by Gasteiger charge is 2.62. The second-order valence-electron chi connectivity index (χ2n) is 5.90. The highest BCUT2D eigenvalue weighted by atomic mass is 19.4. The molecule has 3 saturated heterocycles. The predicted molar refractivity (Wildman–Crippen MR) is 68.8 cm³/mol. The van der Waals surface area contributed by atoms with Gasteiger partial charge in [0.25, 0.3) is 0 Å². The summed E-state index contributed by atoms with van der Waals surface area (Å²) in [6.07, 6.45) is -3.62. The van der Waals surface area contributed by atoms with Crippen molar-refractivity contribution in [2.24, 2.45) is 11.8 Å². The minimum atomic E-state index is -4.51. The highest BCUT2D eigenvalue weighted by molar-refractivity contribution is 6.22. The summed E-state index contributed by atoms with van der Waals surface area (Å²) < 4.78 is 44.0. The van der Waals surface area contributed by atoms with E-state index >= 15 is 0 Å². The normalized spacial score (nSPS) is 33.7. The van der Waals surface area contributed by atoms with Crippen LogP contribution in [0.4, 0.5) is 18.9 Å². The molecule has 0 saturated carbocycles. The van der Waals surface area contributed by atoms with E-state index in [9.17, 15) is 22.8 Å². The Morgan fingerprint density at radius 3 is 2.18 bits per heavy atom. The van der Waals surface area contributed by atoms with Gasteiger partial charge in [0.2, 0.25) is 11.8 Å². The van der Waals surface area contributed by atoms with Gasteiger partial charge in [-0.05, 0) is 31.0 Å². The van der Waals surface area contributed by atoms with Gasteiger partial charge in [0.05, 0.1) is 35.3 Å². The van der Waals surface area contributed by atoms with Crippen LogP contribution in [0.2, 0.25) is 0 Å². The van der Waals surface area contributed by atoms with E-state index in [2.05, 4.69) is 0 Å². The minimum absolute atomic E-state index is 0.0152. The van der Waals surface area contributed by atoms with E-state index in [-0.39, 0.29) is 17.9 Å². The maximum absolute atomic E-state index is 12.8. The molecular formula is C15H12F3NO3. The zero-order valence-electron chi connectivity index (χ0n) is 11.3. The van der Waals surface area contributed by atoms with Crippen LogP contribution in [0.1, 0.15) is 18.4 Å². The van der Waals surface area contributed by atoms with Crippen molar-refractivity contribution in [2.45, 2.75) is 31.2 Å². The summed E-state index contributed by atoms with van der Waals surface area (Å²) in [5.41, 5.74) is -0.888. The van der Waals surface area contributed by atoms with Gasteiger partial charge in [-0.3, -0.25) is 9.59 Å². The van der Waals surface area contributed by atoms with Crippen molar-refractivity contribution in [3.05, 3.63) is 29.8 Å². The molecule has 0 spiro atoms. The second-order valence-corrected chi connectivity index (χ2v) is 5.90. The number of anilines is 1. The first kappa shape index (κ1) is 13.8. The zero-order chi connectivity index (χ0) is 15.6. The van der Waals surface area contributed by atoms with E-state index in [4.69, 9.17) is 4.74 Å². The van der Waals surface area contributed by atoms with Crippen molar-refractivity contribution in [1.29, 1.82) is 0 Å². The van der Waals surface area contributed by atoms with E-state index < -0.39 is 35.4 Å². The van der Waals surface area contributed by atoms with Gasteiger partial charge in [0.1, 0.15) is 0 Å². The van der Waals surface area contributed by atoms with Crippen LogP contribution in [0.25, 0.3) is 0 Å². The fourth-order valence-corrected chi connectivity index (χ4v) is 3.79. The molecule has 0 radical (unpaired) electrons. The number of imide groups is 1. The third-order valence-electron chi connectivity index (χ3n) is 4.72. The molecule has 4 rings (SSSR count). The third kappa shape index (κ3) is 1.75. The molecule has 1 aromatic carbocycles. The van der Waals surface area contributed by atoms with Crippen molar-refractivity contribution in [2.75, 3.05) is 4.90 Å². The standard InChI is InChI=1S/C15H12F3NO3/c16-15(17,18)7-2-1-3-8(6-7)19-13(20)11-9-4-5-10(22-9)12(11)14(19)21/h1-3,6,9-12H,4-5H2/t9?,10?,11-,12+. The molecule has 0 N–H and O–H groups in total. The molecular weight excluding hydrogens is 299 g/mol. The van der Waals surface area contributed by atoms with E-state index in [1.807, 2.05) is 0 Å². The maximum Gasteiger partial charge on any atom is 0.416 e. The van der Waals surface area contributed by atoms with Gasteiger partial charge in [-0.15, -0.1) is 0 Å². The fourth-order valence-electron chi connectivity index (χ4n) is 3.79. The van der Waals surface area contributed by atoms with Crippen LogP contribution in [0.15, 0.2) is 24.3 Å². The molecule has 7 heteroatoms. The van der Waals surface area contributed by atoms with E-state index in [0.29, 0.717) is 0 Å². The van der Waals surface area contributed by atoms with Gasteiger partial charge < -0.3 is 4.74 Å². The maximum atomic E-state index is 12.8. The average molecular weight is 311 g/mol. The van der Waals surface area contributed by atoms with E-state index in [0.717, 1.165) is 29.9 Å². The largest absolute Gasteiger partial charge is 0.416 e. The Morgan fingerprint density at radius 1 is 1.05 bits per heavy atom. The number of benzene rings is 1. The van der Waals surface area contributed by atoms with Gasteiger partial charge in [-0.2, -0.15) is 13.2 Å². The quantitative estimate of drug-likeness (QED) is 0.748. The Hall–Kier alpha value is -1.89. The van der Waals surface area contributed by atoms with Crippen LogP contribution in [0.5, 0.6) is 0 Å². The molecule has 0 aliphatic carbocycles. The topological polar surface area (TPSA) is 46.6 Å². The number of fused-ring (bicyclic) bond motifs is 5. The number of ether oxygens (including phenoxy) is 1. The van der Waals surface area contributed by atoms with Crippen molar-refractivity contribution >= 4 is 17.5 Å². The van der Waals surface area contributed by atoms with Crippen molar-refractivity contribution in [1.82, 2.24) is 0 Å². The molecule has 4 atom stereocenters. The van der Waals surface area contributed by atoms with Crippen LogP contribution in [0.3, 0.4) is 0 Å². The molecule has 3 aliphatic heterocycles. The number of halogens is 3. The lowest BCUT2D eigenvalue weighted by Gasteiger charge is -2.18. The van der Waals surface area contributed by atoms with Gasteiger partial charge >= 0.3 is 6.18 Å². The van der Waals surface area contributed by atoms with Crippen LogP contribution in [-0.2, 0) is 20.5 Å². The SMILES string of the molecule is O=C1[C@@H]2C3CCC(O3)[C@@H]2C(=O)N1c1cccc(C(F)(F)F)c1. The number of hydrogen-bond acceptors (Lipinski definition) is 3. The Labute approximate surface area is 123 Å². The first-order chi connectivity index (χ1) is 10.4. The summed E-state index contributed by atoms with van der Waals surface area (Å²) in [4.78, 5) is 25.9. The molecule has 2 unspecified atom stereocenters. The Kier molecular flexibility index (Phi) is 2.70. The first-order valence-electron chi connectivity index (χ1n) is 7.08. The number of nitrogens with zero attached hydrogens (tertiary/aromatic N) is 1. The summed E-state index contributed by atoms with van der Waals surface area (Å²) in [5, 5.41) is 0. The molecule has 4 nitrogen and oxygen atoms in total. The molecule has 116 valence electrons. The predicted octanol–water partition coefficient (Wildman–Crippen LogP) is 2.37. The Bertz CT molecular complexity index is 644. The van der Waals surface area contributed by atoms with Crippen LogP contribution in [0, 0.1) is 11.8 Å². The summed E-state index contributed by atoms with van der Waals surface area (Å²) >= 11 is 0. The van der Waals surface area contributed by atoms with Gasteiger partial charge in [-0.25, -0.2) is 4.90 Å². The fraction of sp³-hybridized carbons (Fsp3) is 0.467. The summed E-state index contributed by atoms with van der Waals surface area (Å²) in [5.74, 6) is -1.97. The molecule has 0 aromatic heterocycles. The lowest BCUT2D eigenvalue weighted by atomic mass is 9.81. The molecule has 2 bridgehead atoms. The van der Waals surface area contributed by atoms with E-state index in [1.54, 1.807) is 0 Å². The molecule has 3 heterocycles. The molecule has 2 amide bonds. The summed E-state index contributed by atoms with van der Waals surface area (Å²) in [6.45, 7) is 0. The molecule has 1 aromatic rings. The zero-order valence-corrected chi connectivity index (χ0v) is 11.3. The Morgan fingerprint density at radius 2 is 1.64 bits per heavy atom. The minimum Gasteiger partial charge on any atom is -0.373 e. The van der Waals surface area contributed by atoms with Gasteiger partial charge in [-0.1, -0.05) is 6.07 Å². The summed E-state index contributed by atoms with van der Waals surface area (Å²) in [6, 6.07) is 4.33. The monoisotopic (exact) mass is 311 g/mol. The van der Waals surface area contributed by atoms with Crippen molar-refractivity contribution < 1.29 is 27.5 Å². The third-order valence-corrected chi connectivity index (χ3v) is 4.72. The number of rotatable bonds is 1. The van der Waals surface area contributed by atoms with Gasteiger partial charge in [0, 0.05) is 0 Å². The smallest absolute Gasteiger partial charge is 0.373 e. The number of hydrogen-bond donors (Lipinski definition) is 0. The van der Waals surface area contributed by atoms with Crippen LogP contribution in [-0.4, -0.2) is 24.0 Å². The molecule has 3 fully saturated rings. The van der Waals surface area contributed by atoms with Crippen molar-refractivity contribution in [3.63, 3.8) is 0 Å². The molecule has 3 aliphatic rings. The first-order valence-corrected chi connectivity index (χ1v) is 7.08. The second kappa shape index (κ2) is 4.32. The van der Waals surface area contributed by atoms with Crippen molar-refractivity contribution in [3.8, 4) is 0 Å². The van der Waals surface area contributed by atoms with Gasteiger partial charge in [0.15, 0.2) is 0 Å². The number of carbonyl (C=O) groups is 2. The van der Waals surface area contributed by atoms with E-state index in [1.165, 1.54) is 12.1 Å². The van der Waals surface area contributed by atoms with Crippen LogP contribution >= 0.6 is 0 Å². The number of amides is 2.